The van der Waals surface area contributed by atoms with Crippen LogP contribution in [-0.2, 0) is 19.7 Å². The summed E-state index contributed by atoms with van der Waals surface area (Å²) in [5.74, 6) is -2.92. The van der Waals surface area contributed by atoms with E-state index in [0.717, 1.165) is 23.3 Å². The van der Waals surface area contributed by atoms with E-state index in [4.69, 9.17) is 5.11 Å². The highest BCUT2D eigenvalue weighted by Crippen LogP contribution is 2.29. The molecule has 3 aromatic rings. The fraction of sp³-hybridized carbons (Fsp3) is 0.0323. The number of nitrogens with one attached hydrogen (secondary N) is 2. The Hall–Kier alpha value is -5.99. The van der Waals surface area contributed by atoms with Crippen LogP contribution in [0.2, 0.25) is 0 Å². The lowest BCUT2D eigenvalue weighted by Gasteiger charge is -2.16. The van der Waals surface area contributed by atoms with Crippen LogP contribution < -0.4 is 10.9 Å². The minimum Gasteiger partial charge on any atom is -0.497 e. The van der Waals surface area contributed by atoms with Gasteiger partial charge in [0, 0.05) is 12.5 Å². The van der Waals surface area contributed by atoms with Gasteiger partial charge in [-0.15, -0.1) is 0 Å². The maximum Gasteiger partial charge on any atom is 0.339 e. The number of carboxylic acid groups (broad SMARTS) is 1. The zero-order valence-corrected chi connectivity index (χ0v) is 24.1. The molecule has 0 atom stereocenters. The number of carbonyl (C=O) groups excluding carboxylic acids is 2. The molecule has 0 radical (unpaired) electrons. The Kier molecular flexibility index (Phi) is 8.34. The van der Waals surface area contributed by atoms with Crippen molar-refractivity contribution in [3.8, 4) is 11.1 Å². The zero-order valence-electron chi connectivity index (χ0n) is 23.3. The van der Waals surface area contributed by atoms with Crippen LogP contribution in [0.25, 0.3) is 17.2 Å². The number of Topliss-reactive ketones (excluding diaryl/α,β-unsaturated/α-hetero) is 1. The number of anilines is 2. The van der Waals surface area contributed by atoms with E-state index in [1.54, 1.807) is 36.4 Å². The number of ketones is 2. The van der Waals surface area contributed by atoms with Crippen molar-refractivity contribution in [2.24, 2.45) is 15.2 Å². The SMILES string of the molecule is CC(O)=Nc1ccc2c(c1)C(=O)/C(=N/Nc1ccc(-c3ccc(N/N=C4/C=CC(=O)C(C(=O)O)=C4)cc3)cc1)C(S(=O)(=O)O)=C2. The molecular weight excluding hydrogens is 602 g/mol. The Balaban J connectivity index is 1.31. The lowest BCUT2D eigenvalue weighted by molar-refractivity contribution is -0.134. The van der Waals surface area contributed by atoms with Crippen molar-refractivity contribution < 1.29 is 37.6 Å². The predicted molar refractivity (Wildman–Crippen MR) is 170 cm³/mol. The van der Waals surface area contributed by atoms with Crippen molar-refractivity contribution >= 4 is 68.1 Å². The summed E-state index contributed by atoms with van der Waals surface area (Å²) in [6, 6.07) is 18.3. The first kappa shape index (κ1) is 30.5. The lowest BCUT2D eigenvalue weighted by atomic mass is 9.94. The van der Waals surface area contributed by atoms with Crippen molar-refractivity contribution in [2.75, 3.05) is 10.9 Å². The van der Waals surface area contributed by atoms with Crippen LogP contribution in [0.4, 0.5) is 17.1 Å². The van der Waals surface area contributed by atoms with Gasteiger partial charge in [0.1, 0.15) is 10.5 Å². The molecule has 0 unspecified atom stereocenters. The van der Waals surface area contributed by atoms with E-state index >= 15 is 0 Å². The quantitative estimate of drug-likeness (QED) is 0.0578. The Bertz CT molecular complexity index is 2040. The number of benzene rings is 3. The Morgan fingerprint density at radius 2 is 1.40 bits per heavy atom. The van der Waals surface area contributed by atoms with Gasteiger partial charge >= 0.3 is 5.97 Å². The lowest BCUT2D eigenvalue weighted by Crippen LogP contribution is -2.27. The zero-order chi connectivity index (χ0) is 32.3. The Labute approximate surface area is 256 Å². The minimum atomic E-state index is -4.80. The van der Waals surface area contributed by atoms with E-state index in [0.29, 0.717) is 11.4 Å². The third kappa shape index (κ3) is 6.98. The number of aliphatic carboxylic acids is 1. The number of aliphatic imine (C=N–C) groups is 1. The summed E-state index contributed by atoms with van der Waals surface area (Å²) < 4.78 is 34.0. The van der Waals surface area contributed by atoms with Crippen LogP contribution in [0.5, 0.6) is 0 Å². The molecule has 0 aromatic heterocycles. The van der Waals surface area contributed by atoms with Crippen molar-refractivity contribution in [1.29, 1.82) is 0 Å². The van der Waals surface area contributed by atoms with E-state index in [1.807, 2.05) is 12.1 Å². The summed E-state index contributed by atoms with van der Waals surface area (Å²) >= 11 is 0. The van der Waals surface area contributed by atoms with Gasteiger partial charge in [0.15, 0.2) is 17.4 Å². The number of allylic oxidation sites excluding steroid dienone is 4. The molecule has 14 heteroatoms. The van der Waals surface area contributed by atoms with Crippen molar-refractivity contribution in [1.82, 2.24) is 0 Å². The molecule has 0 fully saturated rings. The second-order valence-electron chi connectivity index (χ2n) is 9.68. The van der Waals surface area contributed by atoms with E-state index in [-0.39, 0.29) is 34.0 Å². The number of fused-ring (bicyclic) bond motifs is 1. The highest BCUT2D eigenvalue weighted by Gasteiger charge is 2.33. The number of hydrazone groups is 2. The van der Waals surface area contributed by atoms with Crippen LogP contribution in [0.3, 0.4) is 0 Å². The minimum absolute atomic E-state index is 0.0944. The van der Waals surface area contributed by atoms with Gasteiger partial charge in [-0.25, -0.2) is 9.79 Å². The highest BCUT2D eigenvalue weighted by molar-refractivity contribution is 7.91. The van der Waals surface area contributed by atoms with E-state index in [1.165, 1.54) is 37.3 Å². The molecule has 0 spiro atoms. The molecule has 226 valence electrons. The first-order valence-electron chi connectivity index (χ1n) is 13.1. The van der Waals surface area contributed by atoms with Crippen LogP contribution in [-0.4, -0.2) is 58.0 Å². The maximum atomic E-state index is 13.2. The maximum absolute atomic E-state index is 13.2. The summed E-state index contributed by atoms with van der Waals surface area (Å²) in [5.41, 5.74) is 8.17. The standard InChI is InChI=1S/C31H23N5O8S/c1-17(37)32-23-11-6-20-14-28(45(42,43)44)29(30(39)25(20)15-23)36-34-22-9-4-19(5-10-22)18-2-7-21(8-3-18)33-35-24-12-13-27(38)26(16-24)31(40)41/h2-16,33-34H,1H3,(H,32,37)(H,40,41)(H,42,43,44)/b35-24-,36-29+. The van der Waals surface area contributed by atoms with Gasteiger partial charge in [-0.05, 0) is 77.4 Å². The Morgan fingerprint density at radius 1 is 0.800 bits per heavy atom. The smallest absolute Gasteiger partial charge is 0.339 e. The fourth-order valence-corrected chi connectivity index (χ4v) is 5.01. The van der Waals surface area contributed by atoms with Gasteiger partial charge in [-0.1, -0.05) is 30.3 Å². The average molecular weight is 626 g/mol. The van der Waals surface area contributed by atoms with Gasteiger partial charge in [-0.3, -0.25) is 25.0 Å². The fourth-order valence-electron chi connectivity index (χ4n) is 4.35. The van der Waals surface area contributed by atoms with Crippen LogP contribution in [0.15, 0.2) is 111 Å². The largest absolute Gasteiger partial charge is 0.497 e. The van der Waals surface area contributed by atoms with Gasteiger partial charge in [-0.2, -0.15) is 18.6 Å². The van der Waals surface area contributed by atoms with Gasteiger partial charge in [0.05, 0.1) is 22.8 Å². The molecule has 3 aromatic carbocycles. The highest BCUT2D eigenvalue weighted by atomic mass is 32.2. The molecule has 0 saturated heterocycles. The van der Waals surface area contributed by atoms with E-state index in [2.05, 4.69) is 26.0 Å². The van der Waals surface area contributed by atoms with E-state index < -0.39 is 38.3 Å². The van der Waals surface area contributed by atoms with Gasteiger partial charge in [0.25, 0.3) is 10.1 Å². The van der Waals surface area contributed by atoms with Gasteiger partial charge < -0.3 is 10.2 Å². The molecule has 5 rings (SSSR count). The Morgan fingerprint density at radius 3 is 1.96 bits per heavy atom. The molecule has 2 aliphatic rings. The summed E-state index contributed by atoms with van der Waals surface area (Å²) in [7, 11) is -4.80. The molecule has 0 saturated carbocycles. The van der Waals surface area contributed by atoms with Crippen LogP contribution in [0.1, 0.15) is 22.8 Å². The number of hydrogen-bond donors (Lipinski definition) is 5. The number of nitrogens with zero attached hydrogens (tertiary/aromatic N) is 3. The predicted octanol–water partition coefficient (Wildman–Crippen LogP) is 4.77. The number of aliphatic hydroxyl groups excluding tert-OH is 1. The first-order chi connectivity index (χ1) is 21.4. The molecule has 45 heavy (non-hydrogen) atoms. The topological polar surface area (TPSA) is 207 Å². The normalized spacial score (nSPS) is 16.7. The molecule has 2 aliphatic carbocycles. The number of aliphatic hydroxyl groups is 1. The molecule has 13 nitrogen and oxygen atoms in total. The number of hydrogen-bond acceptors (Lipinski definition) is 10. The van der Waals surface area contributed by atoms with Crippen molar-refractivity contribution in [3.05, 3.63) is 107 Å². The summed E-state index contributed by atoms with van der Waals surface area (Å²) in [5, 5.41) is 26.7. The summed E-state index contributed by atoms with van der Waals surface area (Å²) in [6.45, 7) is 1.36. The summed E-state index contributed by atoms with van der Waals surface area (Å²) in [4.78, 5) is 39.3. The van der Waals surface area contributed by atoms with Gasteiger partial charge in [0.2, 0.25) is 5.78 Å². The van der Waals surface area contributed by atoms with Crippen LogP contribution in [0, 0.1) is 0 Å². The van der Waals surface area contributed by atoms with E-state index in [9.17, 15) is 32.5 Å². The monoisotopic (exact) mass is 625 g/mol. The third-order valence-corrected chi connectivity index (χ3v) is 7.36. The second-order valence-corrected chi connectivity index (χ2v) is 11.1. The van der Waals surface area contributed by atoms with Crippen molar-refractivity contribution in [3.63, 3.8) is 0 Å². The number of carbonyl (C=O) groups is 3. The number of carboxylic acids is 1. The molecule has 0 heterocycles. The molecule has 5 N–H and O–H groups in total. The number of rotatable bonds is 8. The second kappa shape index (κ2) is 12.3. The molecule has 0 bridgehead atoms. The summed E-state index contributed by atoms with van der Waals surface area (Å²) in [6.07, 6.45) is 4.86. The first-order valence-corrected chi connectivity index (χ1v) is 14.5. The molecule has 0 aliphatic heterocycles. The van der Waals surface area contributed by atoms with Crippen LogP contribution >= 0.6 is 0 Å². The average Bonchev–Trinajstić information content (AvgIpc) is 3.00. The van der Waals surface area contributed by atoms with Crippen molar-refractivity contribution in [2.45, 2.75) is 6.92 Å². The molecule has 0 amide bonds. The third-order valence-electron chi connectivity index (χ3n) is 6.49. The molecular formula is C31H23N5O8S.